The fourth-order valence-electron chi connectivity index (χ4n) is 2.37. The molecule has 102 valence electrons. The van der Waals surface area contributed by atoms with E-state index in [2.05, 4.69) is 15.9 Å². The Morgan fingerprint density at radius 2 is 1.95 bits per heavy atom. The molecule has 0 radical (unpaired) electrons. The van der Waals surface area contributed by atoms with E-state index in [1.54, 1.807) is 12.1 Å². The largest absolute Gasteiger partial charge is 0.491 e. The molecule has 0 bridgehead atoms. The summed E-state index contributed by atoms with van der Waals surface area (Å²) in [6, 6.07) is 5.39. The Labute approximate surface area is 122 Å². The molecule has 0 saturated heterocycles. The van der Waals surface area contributed by atoms with Gasteiger partial charge in [-0.05, 0) is 34.1 Å². The minimum Gasteiger partial charge on any atom is -0.491 e. The fraction of sp³-hybridized carbons (Fsp3) is 0.214. The van der Waals surface area contributed by atoms with E-state index in [4.69, 9.17) is 18.6 Å². The van der Waals surface area contributed by atoms with Crippen LogP contribution in [0.3, 0.4) is 0 Å². The average Bonchev–Trinajstić information content (AvgIpc) is 3.10. The van der Waals surface area contributed by atoms with Crippen molar-refractivity contribution in [3.8, 4) is 28.6 Å². The summed E-state index contributed by atoms with van der Waals surface area (Å²) in [7, 11) is 0. The minimum absolute atomic E-state index is 0.206. The molecule has 2 aliphatic rings. The van der Waals surface area contributed by atoms with Gasteiger partial charge in [-0.15, -0.1) is 0 Å². The molecule has 0 aliphatic carbocycles. The van der Waals surface area contributed by atoms with Gasteiger partial charge in [0.25, 0.3) is 0 Å². The van der Waals surface area contributed by atoms with Crippen LogP contribution in [0, 0.1) is 0 Å². The van der Waals surface area contributed by atoms with E-state index < -0.39 is 0 Å². The van der Waals surface area contributed by atoms with Crippen LogP contribution in [0.25, 0.3) is 11.3 Å². The molecule has 0 unspecified atom stereocenters. The zero-order valence-corrected chi connectivity index (χ0v) is 11.9. The van der Waals surface area contributed by atoms with Crippen molar-refractivity contribution in [1.29, 1.82) is 0 Å². The van der Waals surface area contributed by atoms with Gasteiger partial charge in [-0.1, -0.05) is 0 Å². The van der Waals surface area contributed by atoms with Crippen LogP contribution < -0.4 is 19.8 Å². The van der Waals surface area contributed by atoms with Crippen LogP contribution in [0.2, 0.25) is 0 Å². The highest BCUT2D eigenvalue weighted by Crippen LogP contribution is 2.42. The number of fused-ring (bicyclic) bond motifs is 2. The number of hydrogen-bond acceptors (Lipinski definition) is 5. The lowest BCUT2D eigenvalue weighted by Crippen LogP contribution is -2.05. The summed E-state index contributed by atoms with van der Waals surface area (Å²) in [4.78, 5) is 12.0. The summed E-state index contributed by atoms with van der Waals surface area (Å²) < 4.78 is 22.2. The number of hydrogen-bond donors (Lipinski definition) is 0. The van der Waals surface area contributed by atoms with Crippen LogP contribution in [-0.2, 0) is 6.42 Å². The second-order valence-electron chi connectivity index (χ2n) is 4.51. The maximum absolute atomic E-state index is 12.0. The Morgan fingerprint density at radius 1 is 1.10 bits per heavy atom. The highest BCUT2D eigenvalue weighted by atomic mass is 79.9. The lowest BCUT2D eigenvalue weighted by Gasteiger charge is -2.07. The maximum atomic E-state index is 12.0. The molecule has 0 atom stereocenters. The van der Waals surface area contributed by atoms with Gasteiger partial charge in [-0.25, -0.2) is 4.79 Å². The van der Waals surface area contributed by atoms with Gasteiger partial charge in [0.15, 0.2) is 17.3 Å². The Balaban J connectivity index is 1.91. The van der Waals surface area contributed by atoms with E-state index in [1.165, 1.54) is 0 Å². The fourth-order valence-corrected chi connectivity index (χ4v) is 3.04. The van der Waals surface area contributed by atoms with Crippen LogP contribution in [0.15, 0.2) is 31.9 Å². The molecule has 2 aliphatic heterocycles. The minimum atomic E-state index is -0.353. The second-order valence-corrected chi connectivity index (χ2v) is 5.30. The predicted molar refractivity (Wildman–Crippen MR) is 73.4 cm³/mol. The molecule has 0 N–H and O–H groups in total. The predicted octanol–water partition coefficient (Wildman–Crippen LogP) is 2.73. The van der Waals surface area contributed by atoms with Crippen molar-refractivity contribution >= 4 is 15.9 Å². The number of halogens is 1. The van der Waals surface area contributed by atoms with E-state index in [1.807, 2.05) is 6.07 Å². The van der Waals surface area contributed by atoms with E-state index >= 15 is 0 Å². The topological polar surface area (TPSA) is 57.9 Å². The highest BCUT2D eigenvalue weighted by Gasteiger charge is 2.25. The summed E-state index contributed by atoms with van der Waals surface area (Å²) in [5.41, 5.74) is 0.964. The normalized spacial score (nSPS) is 15.1. The molecule has 0 saturated carbocycles. The highest BCUT2D eigenvalue weighted by molar-refractivity contribution is 9.10. The molecule has 0 amide bonds. The summed E-state index contributed by atoms with van der Waals surface area (Å²) in [5, 5.41) is 0. The van der Waals surface area contributed by atoms with Gasteiger partial charge >= 0.3 is 5.63 Å². The van der Waals surface area contributed by atoms with Gasteiger partial charge in [-0.3, -0.25) is 0 Å². The number of benzene rings is 1. The Bertz CT molecular complexity index is 765. The molecule has 5 nitrogen and oxygen atoms in total. The van der Waals surface area contributed by atoms with E-state index in [0.29, 0.717) is 46.1 Å². The lowest BCUT2D eigenvalue weighted by atomic mass is 10.1. The van der Waals surface area contributed by atoms with Crippen molar-refractivity contribution in [2.24, 2.45) is 0 Å². The first-order chi connectivity index (χ1) is 9.74. The quantitative estimate of drug-likeness (QED) is 0.801. The lowest BCUT2D eigenvalue weighted by molar-refractivity contribution is 0.174. The Morgan fingerprint density at radius 3 is 2.85 bits per heavy atom. The molecular weight excluding hydrogens is 328 g/mol. The smallest absolute Gasteiger partial charge is 0.343 e. The molecule has 3 heterocycles. The average molecular weight is 337 g/mol. The molecule has 1 aromatic heterocycles. The summed E-state index contributed by atoms with van der Waals surface area (Å²) in [6.45, 7) is 0.709. The first-order valence-corrected chi connectivity index (χ1v) is 6.91. The van der Waals surface area contributed by atoms with Crippen LogP contribution in [0.4, 0.5) is 0 Å². The third-order valence-electron chi connectivity index (χ3n) is 3.35. The van der Waals surface area contributed by atoms with Crippen LogP contribution in [0.1, 0.15) is 5.56 Å². The molecule has 0 fully saturated rings. The molecule has 4 rings (SSSR count). The van der Waals surface area contributed by atoms with Crippen molar-refractivity contribution in [1.82, 2.24) is 0 Å². The second kappa shape index (κ2) is 4.28. The van der Waals surface area contributed by atoms with E-state index in [9.17, 15) is 4.79 Å². The van der Waals surface area contributed by atoms with Gasteiger partial charge in [0, 0.05) is 12.0 Å². The SMILES string of the molecule is O=c1oc(-c2ccc3c(c2)OCO3)c(Br)c2c1CCO2. The molecule has 1 aromatic carbocycles. The first-order valence-electron chi connectivity index (χ1n) is 6.12. The molecular formula is C14H9BrO5. The Kier molecular flexibility index (Phi) is 2.53. The van der Waals surface area contributed by atoms with Gasteiger partial charge in [0.2, 0.25) is 6.79 Å². The van der Waals surface area contributed by atoms with Gasteiger partial charge in [0.1, 0.15) is 10.2 Å². The van der Waals surface area contributed by atoms with Crippen molar-refractivity contribution in [3.05, 3.63) is 38.7 Å². The van der Waals surface area contributed by atoms with Crippen LogP contribution in [-0.4, -0.2) is 13.4 Å². The first kappa shape index (κ1) is 11.8. The molecule has 2 aromatic rings. The van der Waals surface area contributed by atoms with Crippen molar-refractivity contribution < 1.29 is 18.6 Å². The number of ether oxygens (including phenoxy) is 3. The zero-order chi connectivity index (χ0) is 13.7. The van der Waals surface area contributed by atoms with Crippen molar-refractivity contribution in [2.75, 3.05) is 13.4 Å². The van der Waals surface area contributed by atoms with E-state index in [-0.39, 0.29) is 12.4 Å². The monoisotopic (exact) mass is 336 g/mol. The summed E-state index contributed by atoms with van der Waals surface area (Å²) in [5.74, 6) is 2.34. The third-order valence-corrected chi connectivity index (χ3v) is 4.07. The number of rotatable bonds is 1. The van der Waals surface area contributed by atoms with Crippen LogP contribution in [0.5, 0.6) is 17.2 Å². The molecule has 6 heteroatoms. The molecule has 20 heavy (non-hydrogen) atoms. The van der Waals surface area contributed by atoms with Gasteiger partial charge in [-0.2, -0.15) is 0 Å². The van der Waals surface area contributed by atoms with Gasteiger partial charge < -0.3 is 18.6 Å². The standard InChI is InChI=1S/C14H9BrO5/c15-11-12(20-14(16)8-3-4-17-13(8)11)7-1-2-9-10(5-7)19-6-18-9/h1-2,5H,3-4,6H2. The Hall–Kier alpha value is -1.95. The zero-order valence-electron chi connectivity index (χ0n) is 10.3. The van der Waals surface area contributed by atoms with Crippen molar-refractivity contribution in [2.45, 2.75) is 6.42 Å². The molecule has 0 spiro atoms. The summed E-state index contributed by atoms with van der Waals surface area (Å²) >= 11 is 3.45. The summed E-state index contributed by atoms with van der Waals surface area (Å²) in [6.07, 6.45) is 0.581. The van der Waals surface area contributed by atoms with Gasteiger partial charge in [0.05, 0.1) is 12.2 Å². The third kappa shape index (κ3) is 1.64. The van der Waals surface area contributed by atoms with E-state index in [0.717, 1.165) is 5.56 Å². The maximum Gasteiger partial charge on any atom is 0.343 e. The van der Waals surface area contributed by atoms with Crippen molar-refractivity contribution in [3.63, 3.8) is 0 Å². The van der Waals surface area contributed by atoms with Crippen LogP contribution >= 0.6 is 15.9 Å².